The van der Waals surface area contributed by atoms with Gasteiger partial charge in [-0.25, -0.2) is 9.59 Å². The number of pyridine rings is 1. The molecule has 0 aliphatic rings. The molecular formula is C12H14N2O7. The molecule has 0 spiro atoms. The molecule has 1 aromatic heterocycles. The van der Waals surface area contributed by atoms with E-state index in [1.165, 1.54) is 20.8 Å². The Bertz CT molecular complexity index is 648. The van der Waals surface area contributed by atoms with Gasteiger partial charge in [-0.2, -0.15) is 0 Å². The van der Waals surface area contributed by atoms with E-state index < -0.39 is 39.2 Å². The molecule has 0 bridgehead atoms. The lowest BCUT2D eigenvalue weighted by atomic mass is 10.1. The van der Waals surface area contributed by atoms with Gasteiger partial charge in [-0.05, 0) is 20.8 Å². The topological polar surface area (TPSA) is 129 Å². The minimum absolute atomic E-state index is 0.0534. The molecular weight excluding hydrogens is 284 g/mol. The van der Waals surface area contributed by atoms with Crippen molar-refractivity contribution < 1.29 is 24.0 Å². The number of aromatic amines is 1. The lowest BCUT2D eigenvalue weighted by Crippen LogP contribution is -2.27. The number of ether oxygens (including phenoxy) is 2. The minimum atomic E-state index is -1.12. The maximum atomic E-state index is 11.9. The number of hydrogen-bond acceptors (Lipinski definition) is 7. The first kappa shape index (κ1) is 16.3. The molecule has 1 rings (SSSR count). The van der Waals surface area contributed by atoms with Crippen LogP contribution in [0.15, 0.2) is 4.79 Å². The average Bonchev–Trinajstić information content (AvgIpc) is 2.37. The Labute approximate surface area is 119 Å². The first-order valence-electron chi connectivity index (χ1n) is 6.10. The zero-order chi connectivity index (χ0) is 16.2. The molecule has 0 saturated heterocycles. The van der Waals surface area contributed by atoms with E-state index in [9.17, 15) is 24.5 Å². The summed E-state index contributed by atoms with van der Waals surface area (Å²) in [5, 5.41) is 11.1. The monoisotopic (exact) mass is 298 g/mol. The third-order valence-electron chi connectivity index (χ3n) is 2.51. The van der Waals surface area contributed by atoms with Crippen molar-refractivity contribution in [3.63, 3.8) is 0 Å². The summed E-state index contributed by atoms with van der Waals surface area (Å²) in [5.74, 6) is -2.24. The Hall–Kier alpha value is -2.71. The van der Waals surface area contributed by atoms with Gasteiger partial charge < -0.3 is 14.5 Å². The van der Waals surface area contributed by atoms with Crippen LogP contribution >= 0.6 is 0 Å². The fourth-order valence-corrected chi connectivity index (χ4v) is 1.74. The van der Waals surface area contributed by atoms with Crippen molar-refractivity contribution in [3.8, 4) is 0 Å². The summed E-state index contributed by atoms with van der Waals surface area (Å²) < 4.78 is 9.36. The van der Waals surface area contributed by atoms with Gasteiger partial charge in [-0.1, -0.05) is 0 Å². The van der Waals surface area contributed by atoms with Gasteiger partial charge in [0.05, 0.1) is 23.8 Å². The number of rotatable bonds is 5. The maximum Gasteiger partial charge on any atom is 0.346 e. The number of nitrogens with zero attached hydrogens (tertiary/aromatic N) is 1. The van der Waals surface area contributed by atoms with Crippen molar-refractivity contribution in [2.75, 3.05) is 13.2 Å². The van der Waals surface area contributed by atoms with Crippen molar-refractivity contribution in [2.45, 2.75) is 20.8 Å². The molecule has 0 fully saturated rings. The zero-order valence-electron chi connectivity index (χ0n) is 11.7. The van der Waals surface area contributed by atoms with E-state index >= 15 is 0 Å². The second-order valence-corrected chi connectivity index (χ2v) is 3.88. The number of carbonyl (C=O) groups is 2. The standard InChI is InChI=1S/C12H14N2O7/c1-4-20-11(16)7-8(12(17)21-5-2)10(15)13-6(3)9(7)14(18)19/h4-5H2,1-3H3,(H,13,15). The van der Waals surface area contributed by atoms with Crippen molar-refractivity contribution >= 4 is 17.6 Å². The van der Waals surface area contributed by atoms with E-state index in [2.05, 4.69) is 9.72 Å². The van der Waals surface area contributed by atoms with Gasteiger partial charge in [-0.15, -0.1) is 0 Å². The van der Waals surface area contributed by atoms with Gasteiger partial charge in [0, 0.05) is 0 Å². The van der Waals surface area contributed by atoms with Crippen molar-refractivity contribution in [3.05, 3.63) is 37.3 Å². The van der Waals surface area contributed by atoms with E-state index in [1.807, 2.05) is 0 Å². The summed E-state index contributed by atoms with van der Waals surface area (Å²) in [5.41, 5.74) is -3.20. The van der Waals surface area contributed by atoms with Crippen molar-refractivity contribution in [1.29, 1.82) is 0 Å². The quantitative estimate of drug-likeness (QED) is 0.486. The molecule has 0 saturated carbocycles. The molecule has 0 aliphatic carbocycles. The molecule has 1 heterocycles. The highest BCUT2D eigenvalue weighted by molar-refractivity contribution is 6.06. The van der Waals surface area contributed by atoms with Crippen LogP contribution in [0.2, 0.25) is 0 Å². The molecule has 0 radical (unpaired) electrons. The van der Waals surface area contributed by atoms with E-state index in [-0.39, 0.29) is 18.9 Å². The van der Waals surface area contributed by atoms with Gasteiger partial charge >= 0.3 is 17.6 Å². The van der Waals surface area contributed by atoms with Crippen LogP contribution in [0, 0.1) is 17.0 Å². The van der Waals surface area contributed by atoms with Crippen LogP contribution in [0.3, 0.4) is 0 Å². The van der Waals surface area contributed by atoms with Crippen LogP contribution in [-0.4, -0.2) is 35.1 Å². The molecule has 9 nitrogen and oxygen atoms in total. The number of nitro groups is 1. The van der Waals surface area contributed by atoms with Crippen LogP contribution in [-0.2, 0) is 9.47 Å². The highest BCUT2D eigenvalue weighted by atomic mass is 16.6. The second kappa shape index (κ2) is 6.64. The van der Waals surface area contributed by atoms with Gasteiger partial charge in [-0.3, -0.25) is 14.9 Å². The smallest absolute Gasteiger partial charge is 0.346 e. The zero-order valence-corrected chi connectivity index (χ0v) is 11.7. The Morgan fingerprint density at radius 2 is 1.62 bits per heavy atom. The SMILES string of the molecule is CCOC(=O)c1c([N+](=O)[O-])c(C)[nH]c(=O)c1C(=O)OCC. The normalized spacial score (nSPS) is 10.0. The van der Waals surface area contributed by atoms with Gasteiger partial charge in [0.2, 0.25) is 0 Å². The lowest BCUT2D eigenvalue weighted by molar-refractivity contribution is -0.386. The summed E-state index contributed by atoms with van der Waals surface area (Å²) in [7, 11) is 0. The van der Waals surface area contributed by atoms with Gasteiger partial charge in [0.25, 0.3) is 5.56 Å². The van der Waals surface area contributed by atoms with Crippen LogP contribution in [0.1, 0.15) is 40.3 Å². The first-order chi connectivity index (χ1) is 9.84. The third kappa shape index (κ3) is 3.25. The Morgan fingerprint density at radius 3 is 2.05 bits per heavy atom. The molecule has 114 valence electrons. The predicted octanol–water partition coefficient (Wildman–Crippen LogP) is 0.945. The van der Waals surface area contributed by atoms with Crippen molar-refractivity contribution in [1.82, 2.24) is 4.98 Å². The average molecular weight is 298 g/mol. The molecule has 9 heteroatoms. The fraction of sp³-hybridized carbons (Fsp3) is 0.417. The van der Waals surface area contributed by atoms with Crippen LogP contribution in [0.25, 0.3) is 0 Å². The summed E-state index contributed by atoms with van der Waals surface area (Å²) in [4.78, 5) is 48.0. The van der Waals surface area contributed by atoms with E-state index in [1.54, 1.807) is 0 Å². The first-order valence-corrected chi connectivity index (χ1v) is 6.10. The van der Waals surface area contributed by atoms with Gasteiger partial charge in [0.15, 0.2) is 5.56 Å². The summed E-state index contributed by atoms with van der Waals surface area (Å²) in [6, 6.07) is 0. The number of aromatic nitrogens is 1. The van der Waals surface area contributed by atoms with E-state index in [4.69, 9.17) is 4.74 Å². The number of nitrogens with one attached hydrogen (secondary N) is 1. The molecule has 1 N–H and O–H groups in total. The van der Waals surface area contributed by atoms with Crippen LogP contribution in [0.4, 0.5) is 5.69 Å². The molecule has 1 aromatic rings. The molecule has 0 aliphatic heterocycles. The molecule has 0 aromatic carbocycles. The summed E-state index contributed by atoms with van der Waals surface area (Å²) in [6.07, 6.45) is 0. The maximum absolute atomic E-state index is 11.9. The Balaban J connectivity index is 3.72. The lowest BCUT2D eigenvalue weighted by Gasteiger charge is -2.09. The fourth-order valence-electron chi connectivity index (χ4n) is 1.74. The van der Waals surface area contributed by atoms with Gasteiger partial charge in [0.1, 0.15) is 5.56 Å². The molecule has 0 unspecified atom stereocenters. The number of carbonyl (C=O) groups excluding carboxylic acids is 2. The van der Waals surface area contributed by atoms with E-state index in [0.29, 0.717) is 0 Å². The predicted molar refractivity (Wildman–Crippen MR) is 70.4 cm³/mol. The van der Waals surface area contributed by atoms with Crippen LogP contribution in [0.5, 0.6) is 0 Å². The summed E-state index contributed by atoms with van der Waals surface area (Å²) in [6.45, 7) is 4.12. The Kier molecular flexibility index (Phi) is 5.17. The molecule has 0 atom stereocenters. The number of aryl methyl sites for hydroxylation is 1. The largest absolute Gasteiger partial charge is 0.462 e. The highest BCUT2D eigenvalue weighted by Crippen LogP contribution is 2.24. The number of H-pyrrole nitrogens is 1. The van der Waals surface area contributed by atoms with Crippen molar-refractivity contribution in [2.24, 2.45) is 0 Å². The molecule has 0 amide bonds. The third-order valence-corrected chi connectivity index (χ3v) is 2.51. The van der Waals surface area contributed by atoms with E-state index in [0.717, 1.165) is 0 Å². The number of esters is 2. The number of hydrogen-bond donors (Lipinski definition) is 1. The van der Waals surface area contributed by atoms with Crippen LogP contribution < -0.4 is 5.56 Å². The Morgan fingerprint density at radius 1 is 1.14 bits per heavy atom. The molecule has 21 heavy (non-hydrogen) atoms. The second-order valence-electron chi connectivity index (χ2n) is 3.88. The highest BCUT2D eigenvalue weighted by Gasteiger charge is 2.34. The minimum Gasteiger partial charge on any atom is -0.462 e. The summed E-state index contributed by atoms with van der Waals surface area (Å²) >= 11 is 0.